The van der Waals surface area contributed by atoms with Crippen molar-refractivity contribution in [1.82, 2.24) is 24.8 Å². The quantitative estimate of drug-likeness (QED) is 0.140. The Morgan fingerprint density at radius 2 is 1.97 bits per heavy atom. The zero-order chi connectivity index (χ0) is 43.6. The van der Waals surface area contributed by atoms with Crippen LogP contribution in [0.2, 0.25) is 0 Å². The SMILES string of the molecule is [2H]C([2H])([2H])OC(C)C12CCC(CN(c3nc(OC[C@@]45CCCN4C[C@H](F)C5)nc4c(F)c(-c5cc(OCOC)cc6ccc(F)c(CC)c56)ncc34)C1)N2C(=O)OC(C)(C)C. The van der Waals surface area contributed by atoms with Gasteiger partial charge in [-0.15, -0.1) is 0 Å². The summed E-state index contributed by atoms with van der Waals surface area (Å²) in [6.45, 7) is 10.0. The Balaban J connectivity index is 1.28. The molecule has 12 nitrogen and oxygen atoms in total. The van der Waals surface area contributed by atoms with Gasteiger partial charge in [-0.3, -0.25) is 14.8 Å². The summed E-state index contributed by atoms with van der Waals surface area (Å²) in [7, 11) is -1.30. The molecule has 2 bridgehead atoms. The highest BCUT2D eigenvalue weighted by Crippen LogP contribution is 2.47. The lowest BCUT2D eigenvalue weighted by Gasteiger charge is -2.51. The van der Waals surface area contributed by atoms with E-state index in [1.54, 1.807) is 50.8 Å². The summed E-state index contributed by atoms with van der Waals surface area (Å²) in [4.78, 5) is 33.8. The number of nitrogens with zero attached hydrogens (tertiary/aromatic N) is 6. The number of benzene rings is 2. The van der Waals surface area contributed by atoms with Gasteiger partial charge in [0.25, 0.3) is 0 Å². The van der Waals surface area contributed by atoms with E-state index in [9.17, 15) is 9.18 Å². The largest absolute Gasteiger partial charge is 0.468 e. The molecule has 15 heteroatoms. The van der Waals surface area contributed by atoms with Crippen LogP contribution in [0.5, 0.6) is 11.8 Å². The van der Waals surface area contributed by atoms with Crippen LogP contribution >= 0.6 is 0 Å². The van der Waals surface area contributed by atoms with Crippen molar-refractivity contribution in [3.63, 3.8) is 0 Å². The number of hydrogen-bond donors (Lipinski definition) is 0. The van der Waals surface area contributed by atoms with Crippen molar-refractivity contribution in [3.05, 3.63) is 47.7 Å². The van der Waals surface area contributed by atoms with Gasteiger partial charge in [0.05, 0.1) is 32.7 Å². The Morgan fingerprint density at radius 1 is 1.14 bits per heavy atom. The average Bonchev–Trinajstić information content (AvgIpc) is 3.80. The lowest BCUT2D eigenvalue weighted by molar-refractivity contribution is -0.0554. The van der Waals surface area contributed by atoms with Crippen LogP contribution in [0.3, 0.4) is 0 Å². The van der Waals surface area contributed by atoms with Gasteiger partial charge in [0.2, 0.25) is 0 Å². The number of amides is 1. The van der Waals surface area contributed by atoms with Crippen molar-refractivity contribution in [2.75, 3.05) is 58.6 Å². The maximum absolute atomic E-state index is 17.6. The molecule has 312 valence electrons. The van der Waals surface area contributed by atoms with Crippen molar-refractivity contribution < 1.29 is 45.8 Å². The van der Waals surface area contributed by atoms with Gasteiger partial charge in [-0.05, 0) is 101 Å². The first-order valence-electron chi connectivity index (χ1n) is 21.6. The van der Waals surface area contributed by atoms with Gasteiger partial charge in [0, 0.05) is 52.0 Å². The van der Waals surface area contributed by atoms with Crippen molar-refractivity contribution in [2.24, 2.45) is 0 Å². The van der Waals surface area contributed by atoms with Crippen LogP contribution in [0.1, 0.15) is 76.4 Å². The van der Waals surface area contributed by atoms with Crippen LogP contribution in [0.4, 0.5) is 23.8 Å². The van der Waals surface area contributed by atoms with Gasteiger partial charge in [-0.2, -0.15) is 9.97 Å². The Hall–Kier alpha value is -4.47. The molecule has 4 aromatic rings. The minimum Gasteiger partial charge on any atom is -0.468 e. The van der Waals surface area contributed by atoms with Gasteiger partial charge in [0.15, 0.2) is 12.6 Å². The van der Waals surface area contributed by atoms with Gasteiger partial charge in [-0.25, -0.2) is 18.0 Å². The minimum atomic E-state index is -2.77. The number of fused-ring (bicyclic) bond motifs is 5. The maximum atomic E-state index is 17.6. The highest BCUT2D eigenvalue weighted by atomic mass is 19.1. The number of ether oxygens (including phenoxy) is 5. The zero-order valence-corrected chi connectivity index (χ0v) is 33.9. The van der Waals surface area contributed by atoms with Crippen LogP contribution < -0.4 is 14.4 Å². The molecule has 8 rings (SSSR count). The third-order valence-corrected chi connectivity index (χ3v) is 12.4. The summed E-state index contributed by atoms with van der Waals surface area (Å²) >= 11 is 0. The number of anilines is 1. The van der Waals surface area contributed by atoms with E-state index in [1.807, 2.05) is 11.8 Å². The number of alkyl halides is 1. The molecule has 2 aromatic carbocycles. The van der Waals surface area contributed by atoms with Crippen LogP contribution in [0, 0.1) is 11.6 Å². The van der Waals surface area contributed by atoms with Crippen molar-refractivity contribution in [3.8, 4) is 23.0 Å². The second-order valence-corrected chi connectivity index (χ2v) is 17.2. The van der Waals surface area contributed by atoms with Crippen LogP contribution in [0.15, 0.2) is 30.5 Å². The smallest absolute Gasteiger partial charge is 0.411 e. The summed E-state index contributed by atoms with van der Waals surface area (Å²) in [5.74, 6) is -0.669. The zero-order valence-electron chi connectivity index (χ0n) is 36.9. The van der Waals surface area contributed by atoms with Crippen molar-refractivity contribution in [2.45, 2.75) is 108 Å². The fourth-order valence-electron chi connectivity index (χ4n) is 9.84. The van der Waals surface area contributed by atoms with E-state index in [0.717, 1.165) is 19.4 Å². The molecule has 0 spiro atoms. The lowest BCUT2D eigenvalue weighted by atomic mass is 9.88. The molecule has 4 aliphatic rings. The molecule has 2 aromatic heterocycles. The molecule has 1 amide bonds. The van der Waals surface area contributed by atoms with E-state index in [-0.39, 0.29) is 60.5 Å². The topological polar surface area (TPSA) is 112 Å². The Bertz CT molecular complexity index is 2340. The number of halogens is 3. The standard InChI is InChI=1S/C43H53F3N6O6/c1-8-30-33(45)11-10-26-16-29(57-24-54-6)17-31(34(26)30)36-35(46)37-32(19-47-36)38(49-39(48-37)56-23-42-13-9-15-51(42)20-27(44)18-42)50-21-28-12-14-43(22-50,25(2)55-7)52(28)40(53)58-41(3,4)5/h10-11,16-17,19,25,27-28H,8-9,12-15,18,20-24H2,1-7H3/t25?,27-,28?,42+,43?/m1/s1/i7D3. The maximum Gasteiger partial charge on any atom is 0.411 e. The molecular weight excluding hydrogens is 754 g/mol. The summed E-state index contributed by atoms with van der Waals surface area (Å²) in [5, 5.41) is 1.29. The molecule has 4 fully saturated rings. The van der Waals surface area contributed by atoms with Gasteiger partial charge in [-0.1, -0.05) is 13.0 Å². The third-order valence-electron chi connectivity index (χ3n) is 12.4. The summed E-state index contributed by atoms with van der Waals surface area (Å²) in [6, 6.07) is 5.69. The van der Waals surface area contributed by atoms with E-state index in [4.69, 9.17) is 32.8 Å². The number of aryl methyl sites for hydroxylation is 1. The number of carbonyl (C=O) groups excluding carboxylic acids is 1. The second-order valence-electron chi connectivity index (χ2n) is 17.2. The van der Waals surface area contributed by atoms with E-state index < -0.39 is 59.8 Å². The molecule has 58 heavy (non-hydrogen) atoms. The highest BCUT2D eigenvalue weighted by molar-refractivity contribution is 6.02. The fourth-order valence-corrected chi connectivity index (χ4v) is 9.84. The average molecular weight is 810 g/mol. The molecular formula is C43H53F3N6O6. The predicted octanol–water partition coefficient (Wildman–Crippen LogP) is 7.62. The number of rotatable bonds is 11. The molecule has 0 aliphatic carbocycles. The first-order chi connectivity index (χ1) is 28.8. The first kappa shape index (κ1) is 36.6. The highest BCUT2D eigenvalue weighted by Gasteiger charge is 2.58. The Labute approximate surface area is 341 Å². The number of aromatic nitrogens is 3. The number of hydrogen-bond acceptors (Lipinski definition) is 11. The lowest BCUT2D eigenvalue weighted by Crippen LogP contribution is -2.68. The molecule has 0 N–H and O–H groups in total. The van der Waals surface area contributed by atoms with Gasteiger partial charge in [0.1, 0.15) is 47.0 Å². The van der Waals surface area contributed by atoms with Crippen molar-refractivity contribution in [1.29, 1.82) is 0 Å². The summed E-state index contributed by atoms with van der Waals surface area (Å²) in [6.07, 6.45) is 1.96. The summed E-state index contributed by atoms with van der Waals surface area (Å²) < 4.78 is 101. The van der Waals surface area contributed by atoms with Crippen LogP contribution in [0.25, 0.3) is 32.9 Å². The van der Waals surface area contributed by atoms with Gasteiger partial charge >= 0.3 is 12.1 Å². The second kappa shape index (κ2) is 15.3. The number of carbonyl (C=O) groups is 1. The van der Waals surface area contributed by atoms with E-state index >= 15 is 8.78 Å². The first-order valence-corrected chi connectivity index (χ1v) is 20.1. The fraction of sp³-hybridized carbons (Fsp3) is 0.581. The molecule has 3 unspecified atom stereocenters. The Morgan fingerprint density at radius 3 is 2.72 bits per heavy atom. The van der Waals surface area contributed by atoms with Crippen LogP contribution in [-0.2, 0) is 20.6 Å². The number of methoxy groups -OCH3 is 2. The van der Waals surface area contributed by atoms with E-state index in [0.29, 0.717) is 54.3 Å². The van der Waals surface area contributed by atoms with Gasteiger partial charge < -0.3 is 28.6 Å². The van der Waals surface area contributed by atoms with Crippen LogP contribution in [-0.4, -0.2) is 120 Å². The van der Waals surface area contributed by atoms with E-state index in [2.05, 4.69) is 14.9 Å². The minimum absolute atomic E-state index is 0.0405. The third kappa shape index (κ3) is 6.96. The van der Waals surface area contributed by atoms with Crippen molar-refractivity contribution >= 4 is 33.6 Å². The molecule has 6 heterocycles. The molecule has 4 aliphatic heterocycles. The van der Waals surface area contributed by atoms with E-state index in [1.165, 1.54) is 19.4 Å². The number of pyridine rings is 1. The number of piperazine rings is 1. The predicted molar refractivity (Wildman–Crippen MR) is 213 cm³/mol. The molecule has 0 saturated carbocycles. The molecule has 4 saturated heterocycles. The molecule has 0 radical (unpaired) electrons. The Kier molecular flexibility index (Phi) is 9.64. The summed E-state index contributed by atoms with van der Waals surface area (Å²) in [5.41, 5.74) is -2.19. The monoisotopic (exact) mass is 809 g/mol. The molecule has 5 atom stereocenters. The normalized spacial score (nSPS) is 26.1.